The number of methoxy groups -OCH3 is 1. The molecule has 0 aliphatic carbocycles. The molecule has 2 aromatic carbocycles. The molecule has 0 aliphatic rings. The Morgan fingerprint density at radius 1 is 1.04 bits per heavy atom. The zero-order valence-corrected chi connectivity index (χ0v) is 14.9. The number of amides is 1. The summed E-state index contributed by atoms with van der Waals surface area (Å²) in [5, 5.41) is 9.04. The molecule has 3 N–H and O–H groups in total. The number of hydrogen-bond donors (Lipinski definition) is 3. The van der Waals surface area contributed by atoms with Gasteiger partial charge in [0.05, 0.1) is 7.11 Å². The summed E-state index contributed by atoms with van der Waals surface area (Å²) in [7, 11) is 3.03. The summed E-state index contributed by atoms with van der Waals surface area (Å²) in [4.78, 5) is 15.3. The van der Waals surface area contributed by atoms with Crippen molar-refractivity contribution < 1.29 is 13.9 Å². The number of hydrogen-bond acceptors (Lipinski definition) is 3. The predicted molar refractivity (Wildman–Crippen MR) is 101 cm³/mol. The van der Waals surface area contributed by atoms with Crippen LogP contribution in [0.25, 0.3) is 0 Å². The number of carbonyl (C=O) groups excluding carboxylic acids is 1. The van der Waals surface area contributed by atoms with Gasteiger partial charge in [0.25, 0.3) is 0 Å². The van der Waals surface area contributed by atoms with E-state index in [0.29, 0.717) is 24.7 Å². The first-order valence-electron chi connectivity index (χ1n) is 8.23. The van der Waals surface area contributed by atoms with Crippen molar-refractivity contribution in [2.24, 2.45) is 4.99 Å². The summed E-state index contributed by atoms with van der Waals surface area (Å²) >= 11 is 0. The number of carbonyl (C=O) groups is 1. The molecule has 0 spiro atoms. The van der Waals surface area contributed by atoms with Crippen LogP contribution in [0.2, 0.25) is 0 Å². The quantitative estimate of drug-likeness (QED) is 0.548. The molecule has 0 radical (unpaired) electrons. The Morgan fingerprint density at radius 3 is 2.31 bits per heavy atom. The van der Waals surface area contributed by atoms with Crippen LogP contribution in [0.1, 0.15) is 11.1 Å². The zero-order chi connectivity index (χ0) is 18.8. The van der Waals surface area contributed by atoms with Crippen molar-refractivity contribution in [2.45, 2.75) is 13.0 Å². The van der Waals surface area contributed by atoms with Gasteiger partial charge in [0.2, 0.25) is 0 Å². The van der Waals surface area contributed by atoms with E-state index >= 15 is 0 Å². The number of benzene rings is 2. The van der Waals surface area contributed by atoms with Crippen LogP contribution in [0.15, 0.2) is 53.5 Å². The summed E-state index contributed by atoms with van der Waals surface area (Å²) in [6.07, 6.45) is 0.274. The Bertz CT molecular complexity index is 730. The highest BCUT2D eigenvalue weighted by molar-refractivity contribution is 5.84. The Morgan fingerprint density at radius 2 is 1.69 bits per heavy atom. The molecule has 0 saturated heterocycles. The van der Waals surface area contributed by atoms with E-state index in [9.17, 15) is 9.18 Å². The van der Waals surface area contributed by atoms with E-state index in [-0.39, 0.29) is 5.82 Å². The third kappa shape index (κ3) is 6.43. The van der Waals surface area contributed by atoms with Crippen LogP contribution in [0.5, 0.6) is 0 Å². The van der Waals surface area contributed by atoms with E-state index < -0.39 is 6.09 Å². The first-order chi connectivity index (χ1) is 12.6. The minimum atomic E-state index is -0.498. The van der Waals surface area contributed by atoms with Gasteiger partial charge in [0.15, 0.2) is 5.96 Å². The number of anilines is 1. The number of nitrogens with zero attached hydrogens (tertiary/aromatic N) is 1. The third-order valence-electron chi connectivity index (χ3n) is 3.69. The van der Waals surface area contributed by atoms with Gasteiger partial charge in [-0.15, -0.1) is 0 Å². The van der Waals surface area contributed by atoms with Gasteiger partial charge < -0.3 is 15.4 Å². The lowest BCUT2D eigenvalue weighted by atomic mass is 10.1. The highest BCUT2D eigenvalue weighted by atomic mass is 19.1. The van der Waals surface area contributed by atoms with Crippen molar-refractivity contribution in [1.82, 2.24) is 10.6 Å². The molecule has 7 heteroatoms. The molecule has 0 heterocycles. The maximum atomic E-state index is 12.9. The first-order valence-corrected chi connectivity index (χ1v) is 8.23. The fraction of sp³-hybridized carbons (Fsp3) is 0.263. The van der Waals surface area contributed by atoms with Crippen molar-refractivity contribution in [3.05, 3.63) is 65.5 Å². The Hall–Kier alpha value is -3.09. The standard InChI is InChI=1S/C19H23FN4O2/c1-21-18(22-12-11-14-3-7-16(20)8-4-14)23-13-15-5-9-17(10-6-15)24-19(25)26-2/h3-10H,11-13H2,1-2H3,(H,24,25)(H2,21,22,23). The van der Waals surface area contributed by atoms with Crippen molar-refractivity contribution in [2.75, 3.05) is 26.0 Å². The van der Waals surface area contributed by atoms with Gasteiger partial charge in [-0.05, 0) is 41.8 Å². The first kappa shape index (κ1) is 19.2. The van der Waals surface area contributed by atoms with E-state index in [1.165, 1.54) is 19.2 Å². The minimum absolute atomic E-state index is 0.230. The highest BCUT2D eigenvalue weighted by Gasteiger charge is 2.02. The molecular weight excluding hydrogens is 335 g/mol. The second-order valence-electron chi connectivity index (χ2n) is 5.54. The maximum Gasteiger partial charge on any atom is 0.411 e. The normalized spacial score (nSPS) is 11.0. The lowest BCUT2D eigenvalue weighted by Crippen LogP contribution is -2.37. The molecule has 6 nitrogen and oxygen atoms in total. The lowest BCUT2D eigenvalue weighted by Gasteiger charge is -2.12. The van der Waals surface area contributed by atoms with Gasteiger partial charge in [-0.25, -0.2) is 9.18 Å². The molecular formula is C19H23FN4O2. The van der Waals surface area contributed by atoms with E-state index in [1.54, 1.807) is 31.3 Å². The zero-order valence-electron chi connectivity index (χ0n) is 14.9. The fourth-order valence-electron chi connectivity index (χ4n) is 2.26. The molecule has 0 saturated carbocycles. The molecule has 1 amide bonds. The molecule has 0 fully saturated rings. The van der Waals surface area contributed by atoms with Gasteiger partial charge in [-0.2, -0.15) is 0 Å². The van der Waals surface area contributed by atoms with E-state index in [4.69, 9.17) is 0 Å². The molecule has 0 aliphatic heterocycles. The number of guanidine groups is 1. The maximum absolute atomic E-state index is 12.9. The molecule has 0 unspecified atom stereocenters. The molecule has 2 rings (SSSR count). The summed E-state index contributed by atoms with van der Waals surface area (Å²) in [6, 6.07) is 13.9. The van der Waals surface area contributed by atoms with Crippen molar-refractivity contribution in [1.29, 1.82) is 0 Å². The van der Waals surface area contributed by atoms with Crippen LogP contribution in [0.4, 0.5) is 14.9 Å². The average molecular weight is 358 g/mol. The van der Waals surface area contributed by atoms with Crippen LogP contribution < -0.4 is 16.0 Å². The fourth-order valence-corrected chi connectivity index (χ4v) is 2.26. The summed E-state index contributed by atoms with van der Waals surface area (Å²) < 4.78 is 17.4. The number of nitrogens with one attached hydrogen (secondary N) is 3. The molecule has 138 valence electrons. The molecule has 2 aromatic rings. The van der Waals surface area contributed by atoms with Gasteiger partial charge in [-0.1, -0.05) is 24.3 Å². The Kier molecular flexibility index (Phi) is 7.42. The van der Waals surface area contributed by atoms with Gasteiger partial charge in [-0.3, -0.25) is 10.3 Å². The van der Waals surface area contributed by atoms with Gasteiger partial charge in [0, 0.05) is 25.8 Å². The Balaban J connectivity index is 1.75. The number of ether oxygens (including phenoxy) is 1. The lowest BCUT2D eigenvalue weighted by molar-refractivity contribution is 0.187. The van der Waals surface area contributed by atoms with Crippen molar-refractivity contribution in [3.8, 4) is 0 Å². The van der Waals surface area contributed by atoms with Crippen LogP contribution in [0, 0.1) is 5.82 Å². The van der Waals surface area contributed by atoms with E-state index in [2.05, 4.69) is 25.7 Å². The van der Waals surface area contributed by atoms with E-state index in [1.807, 2.05) is 12.1 Å². The van der Waals surface area contributed by atoms with Crippen LogP contribution in [-0.2, 0) is 17.7 Å². The second-order valence-corrected chi connectivity index (χ2v) is 5.54. The monoisotopic (exact) mass is 358 g/mol. The van der Waals surface area contributed by atoms with Crippen molar-refractivity contribution >= 4 is 17.7 Å². The summed E-state index contributed by atoms with van der Waals surface area (Å²) in [5.41, 5.74) is 2.77. The molecule has 0 bridgehead atoms. The topological polar surface area (TPSA) is 74.8 Å². The number of rotatable bonds is 6. The predicted octanol–water partition coefficient (Wildman–Crippen LogP) is 2.91. The van der Waals surface area contributed by atoms with Gasteiger partial charge in [0.1, 0.15) is 5.82 Å². The largest absolute Gasteiger partial charge is 0.453 e. The minimum Gasteiger partial charge on any atom is -0.453 e. The smallest absolute Gasteiger partial charge is 0.411 e. The molecule has 0 atom stereocenters. The Labute approximate surface area is 152 Å². The highest BCUT2D eigenvalue weighted by Crippen LogP contribution is 2.09. The van der Waals surface area contributed by atoms with Crippen LogP contribution >= 0.6 is 0 Å². The van der Waals surface area contributed by atoms with Crippen LogP contribution in [-0.4, -0.2) is 32.8 Å². The average Bonchev–Trinajstić information content (AvgIpc) is 2.67. The number of halogens is 1. The van der Waals surface area contributed by atoms with Crippen molar-refractivity contribution in [3.63, 3.8) is 0 Å². The van der Waals surface area contributed by atoms with Crippen LogP contribution in [0.3, 0.4) is 0 Å². The SMILES string of the molecule is CN=C(NCCc1ccc(F)cc1)NCc1ccc(NC(=O)OC)cc1. The molecule has 26 heavy (non-hydrogen) atoms. The third-order valence-corrected chi connectivity index (χ3v) is 3.69. The van der Waals surface area contributed by atoms with E-state index in [0.717, 1.165) is 17.5 Å². The summed E-state index contributed by atoms with van der Waals surface area (Å²) in [5.74, 6) is 0.455. The molecule has 0 aromatic heterocycles. The number of aliphatic imine (C=N–C) groups is 1. The second kappa shape index (κ2) is 10.0. The summed E-state index contributed by atoms with van der Waals surface area (Å²) in [6.45, 7) is 1.28. The van der Waals surface area contributed by atoms with Gasteiger partial charge >= 0.3 is 6.09 Å².